The van der Waals surface area contributed by atoms with Crippen molar-refractivity contribution in [3.8, 4) is 5.69 Å². The molecule has 1 aromatic carbocycles. The minimum Gasteiger partial charge on any atom is -0.337 e. The molecule has 2 heterocycles. The van der Waals surface area contributed by atoms with Crippen LogP contribution in [0.2, 0.25) is 0 Å². The molecular formula is C17H21BrN4O. The third-order valence-electron chi connectivity index (χ3n) is 4.24. The number of aryl methyl sites for hydroxylation is 1. The summed E-state index contributed by atoms with van der Waals surface area (Å²) < 4.78 is 2.84. The maximum atomic E-state index is 12.7. The number of halogens is 1. The lowest BCUT2D eigenvalue weighted by Crippen LogP contribution is -2.30. The maximum Gasteiger partial charge on any atom is 0.274 e. The van der Waals surface area contributed by atoms with Gasteiger partial charge in [-0.05, 0) is 63.2 Å². The molecule has 0 bridgehead atoms. The van der Waals surface area contributed by atoms with Crippen molar-refractivity contribution in [2.24, 2.45) is 5.92 Å². The molecule has 23 heavy (non-hydrogen) atoms. The van der Waals surface area contributed by atoms with E-state index in [1.165, 1.54) is 0 Å². The molecule has 1 amide bonds. The standard InChI is InChI=1S/C17H21BrN4O/c1-12-9-16(17(23)21-8-7-13(11-21)10-19-2)20-22(12)15-5-3-14(18)4-6-15/h3-6,9,13,19H,7-8,10-11H2,1-2H3. The molecule has 0 radical (unpaired) electrons. The highest BCUT2D eigenvalue weighted by Crippen LogP contribution is 2.20. The first-order valence-electron chi connectivity index (χ1n) is 7.85. The fourth-order valence-electron chi connectivity index (χ4n) is 3.06. The van der Waals surface area contributed by atoms with Gasteiger partial charge in [-0.2, -0.15) is 5.10 Å². The smallest absolute Gasteiger partial charge is 0.274 e. The Morgan fingerprint density at radius 2 is 2.13 bits per heavy atom. The number of hydrogen-bond donors (Lipinski definition) is 1. The molecule has 1 unspecified atom stereocenters. The zero-order chi connectivity index (χ0) is 16.4. The van der Waals surface area contributed by atoms with Crippen LogP contribution in [0.5, 0.6) is 0 Å². The van der Waals surface area contributed by atoms with Crippen LogP contribution in [0.15, 0.2) is 34.8 Å². The minimum atomic E-state index is 0.0302. The molecule has 0 aliphatic carbocycles. The van der Waals surface area contributed by atoms with Gasteiger partial charge in [-0.3, -0.25) is 4.79 Å². The van der Waals surface area contributed by atoms with E-state index >= 15 is 0 Å². The first-order chi connectivity index (χ1) is 11.1. The van der Waals surface area contributed by atoms with Crippen LogP contribution >= 0.6 is 15.9 Å². The molecule has 0 saturated carbocycles. The van der Waals surface area contributed by atoms with Crippen LogP contribution in [-0.4, -0.2) is 47.3 Å². The van der Waals surface area contributed by atoms with Gasteiger partial charge in [0.05, 0.1) is 5.69 Å². The molecule has 1 aliphatic heterocycles. The first-order valence-corrected chi connectivity index (χ1v) is 8.64. The molecule has 1 aliphatic rings. The summed E-state index contributed by atoms with van der Waals surface area (Å²) in [6, 6.07) is 9.78. The van der Waals surface area contributed by atoms with Gasteiger partial charge in [-0.1, -0.05) is 15.9 Å². The van der Waals surface area contributed by atoms with E-state index in [0.717, 1.165) is 41.9 Å². The molecule has 1 atom stereocenters. The zero-order valence-electron chi connectivity index (χ0n) is 13.4. The van der Waals surface area contributed by atoms with Crippen LogP contribution in [0, 0.1) is 12.8 Å². The number of likely N-dealkylation sites (tertiary alicyclic amines) is 1. The highest BCUT2D eigenvalue weighted by molar-refractivity contribution is 9.10. The Bertz CT molecular complexity index is 695. The fourth-order valence-corrected chi connectivity index (χ4v) is 3.32. The Kier molecular flexibility index (Phi) is 4.82. The third-order valence-corrected chi connectivity index (χ3v) is 4.77. The molecule has 1 aromatic heterocycles. The van der Waals surface area contributed by atoms with Crippen molar-refractivity contribution in [2.45, 2.75) is 13.3 Å². The second-order valence-electron chi connectivity index (χ2n) is 6.02. The van der Waals surface area contributed by atoms with Gasteiger partial charge in [0, 0.05) is 23.3 Å². The highest BCUT2D eigenvalue weighted by atomic mass is 79.9. The van der Waals surface area contributed by atoms with E-state index in [1.807, 2.05) is 53.9 Å². The van der Waals surface area contributed by atoms with Gasteiger partial charge in [-0.25, -0.2) is 4.68 Å². The minimum absolute atomic E-state index is 0.0302. The number of aromatic nitrogens is 2. The summed E-state index contributed by atoms with van der Waals surface area (Å²) in [6.45, 7) is 4.55. The van der Waals surface area contributed by atoms with Crippen molar-refractivity contribution in [3.05, 3.63) is 46.2 Å². The summed E-state index contributed by atoms with van der Waals surface area (Å²) >= 11 is 3.43. The third kappa shape index (κ3) is 3.48. The monoisotopic (exact) mass is 376 g/mol. The topological polar surface area (TPSA) is 50.2 Å². The number of rotatable bonds is 4. The van der Waals surface area contributed by atoms with Gasteiger partial charge in [0.2, 0.25) is 0 Å². The predicted octanol–water partition coefficient (Wildman–Crippen LogP) is 2.62. The molecule has 1 fully saturated rings. The van der Waals surface area contributed by atoms with E-state index in [0.29, 0.717) is 11.6 Å². The summed E-state index contributed by atoms with van der Waals surface area (Å²) in [5, 5.41) is 7.71. The quantitative estimate of drug-likeness (QED) is 0.891. The number of carbonyl (C=O) groups excluding carboxylic acids is 1. The van der Waals surface area contributed by atoms with Crippen LogP contribution < -0.4 is 5.32 Å². The molecule has 5 nitrogen and oxygen atoms in total. The maximum absolute atomic E-state index is 12.7. The second-order valence-corrected chi connectivity index (χ2v) is 6.94. The molecular weight excluding hydrogens is 356 g/mol. The van der Waals surface area contributed by atoms with Crippen LogP contribution in [0.4, 0.5) is 0 Å². The normalized spacial score (nSPS) is 17.7. The lowest BCUT2D eigenvalue weighted by Gasteiger charge is -2.15. The number of nitrogens with zero attached hydrogens (tertiary/aromatic N) is 3. The van der Waals surface area contributed by atoms with E-state index in [9.17, 15) is 4.79 Å². The van der Waals surface area contributed by atoms with E-state index in [2.05, 4.69) is 26.3 Å². The van der Waals surface area contributed by atoms with Crippen molar-refractivity contribution in [1.82, 2.24) is 20.0 Å². The van der Waals surface area contributed by atoms with E-state index < -0.39 is 0 Å². The summed E-state index contributed by atoms with van der Waals surface area (Å²) in [4.78, 5) is 14.6. The van der Waals surface area contributed by atoms with Crippen LogP contribution in [0.25, 0.3) is 5.69 Å². The number of amides is 1. The molecule has 3 rings (SSSR count). The Labute approximate surface area is 144 Å². The Morgan fingerprint density at radius 1 is 1.39 bits per heavy atom. The zero-order valence-corrected chi connectivity index (χ0v) is 15.0. The van der Waals surface area contributed by atoms with Crippen molar-refractivity contribution >= 4 is 21.8 Å². The molecule has 1 N–H and O–H groups in total. The number of hydrogen-bond acceptors (Lipinski definition) is 3. The average molecular weight is 377 g/mol. The Hall–Kier alpha value is -1.66. The lowest BCUT2D eigenvalue weighted by atomic mass is 10.1. The highest BCUT2D eigenvalue weighted by Gasteiger charge is 2.28. The Morgan fingerprint density at radius 3 is 2.83 bits per heavy atom. The fraction of sp³-hybridized carbons (Fsp3) is 0.412. The molecule has 6 heteroatoms. The second kappa shape index (κ2) is 6.84. The van der Waals surface area contributed by atoms with Gasteiger partial charge in [0.15, 0.2) is 5.69 Å². The lowest BCUT2D eigenvalue weighted by molar-refractivity contribution is 0.0781. The van der Waals surface area contributed by atoms with Crippen LogP contribution in [-0.2, 0) is 0 Å². The van der Waals surface area contributed by atoms with E-state index in [-0.39, 0.29) is 5.91 Å². The van der Waals surface area contributed by atoms with E-state index in [4.69, 9.17) is 0 Å². The molecule has 2 aromatic rings. The SMILES string of the molecule is CNCC1CCN(C(=O)c2cc(C)n(-c3ccc(Br)cc3)n2)C1. The van der Waals surface area contributed by atoms with Crippen molar-refractivity contribution < 1.29 is 4.79 Å². The van der Waals surface area contributed by atoms with Gasteiger partial charge in [-0.15, -0.1) is 0 Å². The number of carbonyl (C=O) groups is 1. The predicted molar refractivity (Wildman–Crippen MR) is 93.9 cm³/mol. The first kappa shape index (κ1) is 16.2. The summed E-state index contributed by atoms with van der Waals surface area (Å²) in [6.07, 6.45) is 1.05. The molecule has 122 valence electrons. The largest absolute Gasteiger partial charge is 0.337 e. The average Bonchev–Trinajstić information content (AvgIpc) is 3.15. The van der Waals surface area contributed by atoms with Crippen molar-refractivity contribution in [3.63, 3.8) is 0 Å². The van der Waals surface area contributed by atoms with Gasteiger partial charge >= 0.3 is 0 Å². The summed E-state index contributed by atoms with van der Waals surface area (Å²) in [7, 11) is 1.95. The summed E-state index contributed by atoms with van der Waals surface area (Å²) in [5.74, 6) is 0.571. The van der Waals surface area contributed by atoms with Crippen LogP contribution in [0.1, 0.15) is 22.6 Å². The van der Waals surface area contributed by atoms with Crippen LogP contribution in [0.3, 0.4) is 0 Å². The Balaban J connectivity index is 1.78. The van der Waals surface area contributed by atoms with Gasteiger partial charge in [0.25, 0.3) is 5.91 Å². The number of benzene rings is 1. The molecule has 1 saturated heterocycles. The van der Waals surface area contributed by atoms with Gasteiger partial charge in [0.1, 0.15) is 0 Å². The van der Waals surface area contributed by atoms with Crippen molar-refractivity contribution in [2.75, 3.05) is 26.7 Å². The number of nitrogens with one attached hydrogen (secondary N) is 1. The summed E-state index contributed by atoms with van der Waals surface area (Å²) in [5.41, 5.74) is 2.44. The van der Waals surface area contributed by atoms with Crippen molar-refractivity contribution in [1.29, 1.82) is 0 Å². The molecule has 0 spiro atoms. The van der Waals surface area contributed by atoms with Gasteiger partial charge < -0.3 is 10.2 Å². The van der Waals surface area contributed by atoms with E-state index in [1.54, 1.807) is 0 Å².